The highest BCUT2D eigenvalue weighted by atomic mass is 16.1. The second kappa shape index (κ2) is 7.08. The van der Waals surface area contributed by atoms with E-state index in [0.717, 1.165) is 42.0 Å². The highest BCUT2D eigenvalue weighted by molar-refractivity contribution is 6.03. The standard InChI is InChI=1S/C23H32N6O/c1-14(16-4-5-16)27-22(30)19-11-25-15(2)20(17-10-26-29(12-17)18-6-7-18)21(19)28-9-8-23(3,24)13-28/h10-12,14,16,18H,4-9,13,24H2,1-3H3,(H,27,30)/t14?,23-/m0/s1. The van der Waals surface area contributed by atoms with E-state index in [0.29, 0.717) is 17.5 Å². The fourth-order valence-electron chi connectivity index (χ4n) is 4.61. The maximum absolute atomic E-state index is 13.3. The molecule has 3 fully saturated rings. The number of amides is 1. The number of pyridine rings is 1. The molecule has 0 bridgehead atoms. The van der Waals surface area contributed by atoms with Gasteiger partial charge in [-0.15, -0.1) is 0 Å². The second-order valence-electron chi connectivity index (χ2n) is 9.85. The average molecular weight is 409 g/mol. The molecule has 2 aromatic heterocycles. The van der Waals surface area contributed by atoms with Crippen molar-refractivity contribution in [2.45, 2.75) is 70.5 Å². The highest BCUT2D eigenvalue weighted by Gasteiger charge is 2.36. The predicted molar refractivity (Wildman–Crippen MR) is 118 cm³/mol. The van der Waals surface area contributed by atoms with E-state index in [1.54, 1.807) is 6.20 Å². The molecule has 0 radical (unpaired) electrons. The van der Waals surface area contributed by atoms with Crippen LogP contribution < -0.4 is 16.0 Å². The molecular weight excluding hydrogens is 376 g/mol. The van der Waals surface area contributed by atoms with Crippen molar-refractivity contribution in [1.82, 2.24) is 20.1 Å². The van der Waals surface area contributed by atoms with Crippen LogP contribution in [0.15, 0.2) is 18.6 Å². The first-order valence-electron chi connectivity index (χ1n) is 11.2. The van der Waals surface area contributed by atoms with Crippen LogP contribution in [0, 0.1) is 12.8 Å². The fourth-order valence-corrected chi connectivity index (χ4v) is 4.61. The molecule has 1 saturated heterocycles. The number of rotatable bonds is 6. The molecule has 3 heterocycles. The topological polar surface area (TPSA) is 89.1 Å². The lowest BCUT2D eigenvalue weighted by Gasteiger charge is -2.27. The first-order chi connectivity index (χ1) is 14.3. The summed E-state index contributed by atoms with van der Waals surface area (Å²) < 4.78 is 2.05. The van der Waals surface area contributed by atoms with Crippen molar-refractivity contribution < 1.29 is 4.79 Å². The van der Waals surface area contributed by atoms with Gasteiger partial charge in [0.15, 0.2) is 0 Å². The molecule has 160 valence electrons. The minimum absolute atomic E-state index is 0.0432. The predicted octanol–water partition coefficient (Wildman–Crippen LogP) is 3.04. The monoisotopic (exact) mass is 408 g/mol. The fraction of sp³-hybridized carbons (Fsp3) is 0.609. The lowest BCUT2D eigenvalue weighted by molar-refractivity contribution is 0.0936. The van der Waals surface area contributed by atoms with Crippen molar-refractivity contribution in [3.8, 4) is 11.1 Å². The minimum atomic E-state index is -0.262. The van der Waals surface area contributed by atoms with Crippen molar-refractivity contribution in [1.29, 1.82) is 0 Å². The quantitative estimate of drug-likeness (QED) is 0.767. The summed E-state index contributed by atoms with van der Waals surface area (Å²) in [7, 11) is 0. The van der Waals surface area contributed by atoms with Gasteiger partial charge >= 0.3 is 0 Å². The van der Waals surface area contributed by atoms with E-state index in [-0.39, 0.29) is 17.5 Å². The smallest absolute Gasteiger partial charge is 0.255 e. The number of carbonyl (C=O) groups excluding carboxylic acids is 1. The van der Waals surface area contributed by atoms with Crippen molar-refractivity contribution in [2.24, 2.45) is 11.7 Å². The number of nitrogens with zero attached hydrogens (tertiary/aromatic N) is 4. The lowest BCUT2D eigenvalue weighted by Crippen LogP contribution is -2.40. The Labute approximate surface area is 178 Å². The maximum atomic E-state index is 13.3. The van der Waals surface area contributed by atoms with Crippen LogP contribution in [0.25, 0.3) is 11.1 Å². The molecule has 2 aromatic rings. The molecular formula is C23H32N6O. The zero-order chi connectivity index (χ0) is 21.0. The van der Waals surface area contributed by atoms with E-state index in [2.05, 4.69) is 45.0 Å². The zero-order valence-corrected chi connectivity index (χ0v) is 18.2. The van der Waals surface area contributed by atoms with E-state index in [1.807, 2.05) is 13.1 Å². The van der Waals surface area contributed by atoms with Gasteiger partial charge in [-0.2, -0.15) is 5.10 Å². The molecule has 1 unspecified atom stereocenters. The highest BCUT2D eigenvalue weighted by Crippen LogP contribution is 2.41. The lowest BCUT2D eigenvalue weighted by atomic mass is 10.00. The van der Waals surface area contributed by atoms with E-state index in [1.165, 1.54) is 25.7 Å². The molecule has 1 aliphatic heterocycles. The molecule has 0 spiro atoms. The van der Waals surface area contributed by atoms with Crippen LogP contribution in [0.4, 0.5) is 5.69 Å². The number of anilines is 1. The summed E-state index contributed by atoms with van der Waals surface area (Å²) in [4.78, 5) is 20.2. The van der Waals surface area contributed by atoms with Crippen molar-refractivity contribution in [3.63, 3.8) is 0 Å². The van der Waals surface area contributed by atoms with Gasteiger partial charge in [0.2, 0.25) is 0 Å². The Kier molecular flexibility index (Phi) is 4.61. The van der Waals surface area contributed by atoms with Crippen LogP contribution in [0.3, 0.4) is 0 Å². The Bertz CT molecular complexity index is 972. The maximum Gasteiger partial charge on any atom is 0.255 e. The number of nitrogens with two attached hydrogens (primary N) is 1. The summed E-state index contributed by atoms with van der Waals surface area (Å²) in [5.74, 6) is 0.560. The van der Waals surface area contributed by atoms with Gasteiger partial charge in [0.05, 0.1) is 23.5 Å². The van der Waals surface area contributed by atoms with Gasteiger partial charge in [-0.05, 0) is 58.8 Å². The number of carbonyl (C=O) groups is 1. The van der Waals surface area contributed by atoms with Gasteiger partial charge in [0.1, 0.15) is 0 Å². The molecule has 7 nitrogen and oxygen atoms in total. The van der Waals surface area contributed by atoms with Crippen LogP contribution >= 0.6 is 0 Å². The van der Waals surface area contributed by atoms with E-state index in [4.69, 9.17) is 5.73 Å². The first-order valence-corrected chi connectivity index (χ1v) is 11.2. The number of hydrogen-bond acceptors (Lipinski definition) is 5. The Morgan fingerprint density at radius 2 is 2.07 bits per heavy atom. The largest absolute Gasteiger partial charge is 0.368 e. The van der Waals surface area contributed by atoms with Crippen LogP contribution in [0.5, 0.6) is 0 Å². The third-order valence-corrected chi connectivity index (χ3v) is 6.81. The number of hydrogen-bond donors (Lipinski definition) is 2. The molecule has 30 heavy (non-hydrogen) atoms. The first kappa shape index (κ1) is 19.5. The summed E-state index contributed by atoms with van der Waals surface area (Å²) in [6.45, 7) is 7.75. The van der Waals surface area contributed by atoms with E-state index >= 15 is 0 Å². The van der Waals surface area contributed by atoms with Crippen molar-refractivity contribution in [3.05, 3.63) is 29.8 Å². The second-order valence-corrected chi connectivity index (χ2v) is 9.85. The summed E-state index contributed by atoms with van der Waals surface area (Å²) in [6.07, 6.45) is 11.4. The third kappa shape index (κ3) is 3.71. The van der Waals surface area contributed by atoms with E-state index in [9.17, 15) is 4.79 Å². The summed E-state index contributed by atoms with van der Waals surface area (Å²) in [6, 6.07) is 0.700. The van der Waals surface area contributed by atoms with Gasteiger partial charge in [-0.3, -0.25) is 14.5 Å². The third-order valence-electron chi connectivity index (χ3n) is 6.81. The molecule has 3 aliphatic rings. The normalized spacial score (nSPS) is 24.9. The van der Waals surface area contributed by atoms with Crippen molar-refractivity contribution in [2.75, 3.05) is 18.0 Å². The summed E-state index contributed by atoms with van der Waals surface area (Å²) in [5.41, 5.74) is 10.7. The van der Waals surface area contributed by atoms with Crippen LogP contribution in [-0.4, -0.2) is 45.3 Å². The Morgan fingerprint density at radius 1 is 1.30 bits per heavy atom. The average Bonchev–Trinajstić information content (AvgIpc) is 3.63. The number of nitrogens with one attached hydrogen (secondary N) is 1. The van der Waals surface area contributed by atoms with Gasteiger partial charge in [-0.25, -0.2) is 0 Å². The molecule has 1 amide bonds. The van der Waals surface area contributed by atoms with Crippen molar-refractivity contribution >= 4 is 11.6 Å². The number of aromatic nitrogens is 3. The van der Waals surface area contributed by atoms with Gasteiger partial charge in [-0.1, -0.05) is 0 Å². The number of aryl methyl sites for hydroxylation is 1. The van der Waals surface area contributed by atoms with Crippen LogP contribution in [0.1, 0.15) is 68.0 Å². The van der Waals surface area contributed by atoms with Crippen LogP contribution in [-0.2, 0) is 0 Å². The summed E-state index contributed by atoms with van der Waals surface area (Å²) >= 11 is 0. The molecule has 2 atom stereocenters. The molecule has 0 aromatic carbocycles. The minimum Gasteiger partial charge on any atom is -0.368 e. The SMILES string of the molecule is Cc1ncc(C(=O)NC(C)C2CC2)c(N2CC[C@](C)(N)C2)c1-c1cnn(C2CC2)c1. The van der Waals surface area contributed by atoms with Gasteiger partial charge < -0.3 is 16.0 Å². The molecule has 7 heteroatoms. The molecule has 5 rings (SSSR count). The Hall–Kier alpha value is -2.41. The summed E-state index contributed by atoms with van der Waals surface area (Å²) in [5, 5.41) is 7.81. The van der Waals surface area contributed by atoms with Crippen LogP contribution in [0.2, 0.25) is 0 Å². The molecule has 2 aliphatic carbocycles. The van der Waals surface area contributed by atoms with Gasteiger partial charge in [0, 0.05) is 53.9 Å². The molecule has 2 saturated carbocycles. The zero-order valence-electron chi connectivity index (χ0n) is 18.2. The Balaban J connectivity index is 1.58. The Morgan fingerprint density at radius 3 is 2.70 bits per heavy atom. The van der Waals surface area contributed by atoms with Gasteiger partial charge in [0.25, 0.3) is 5.91 Å². The van der Waals surface area contributed by atoms with E-state index < -0.39 is 0 Å². The molecule has 3 N–H and O–H groups in total.